The minimum Gasteiger partial charge on any atom is -0.355 e. The molecule has 0 aliphatic heterocycles. The molecule has 4 nitrogen and oxygen atoms in total. The Labute approximate surface area is 161 Å². The number of halogens is 3. The van der Waals surface area contributed by atoms with Gasteiger partial charge in [0.25, 0.3) is 0 Å². The summed E-state index contributed by atoms with van der Waals surface area (Å²) in [6.07, 6.45) is 1.06. The molecule has 1 rings (SSSR count). The fourth-order valence-electron chi connectivity index (χ4n) is 2.31. The van der Waals surface area contributed by atoms with Gasteiger partial charge in [0.1, 0.15) is 11.6 Å². The lowest BCUT2D eigenvalue weighted by Gasteiger charge is -2.27. The van der Waals surface area contributed by atoms with E-state index >= 15 is 0 Å². The second-order valence-electron chi connectivity index (χ2n) is 6.29. The summed E-state index contributed by atoms with van der Waals surface area (Å²) in [7, 11) is 5.75. The summed E-state index contributed by atoms with van der Waals surface area (Å²) in [4.78, 5) is 6.30. The second-order valence-corrected chi connectivity index (χ2v) is 6.29. The van der Waals surface area contributed by atoms with Crippen LogP contribution in [0.15, 0.2) is 23.2 Å². The maximum absolute atomic E-state index is 13.6. The van der Waals surface area contributed by atoms with E-state index in [1.54, 1.807) is 7.05 Å². The van der Waals surface area contributed by atoms with Gasteiger partial charge >= 0.3 is 0 Å². The highest BCUT2D eigenvalue weighted by Crippen LogP contribution is 2.10. The van der Waals surface area contributed by atoms with Crippen LogP contribution in [0.2, 0.25) is 0 Å². The zero-order chi connectivity index (χ0) is 17.4. The van der Waals surface area contributed by atoms with Gasteiger partial charge in [-0.15, -0.1) is 24.0 Å². The van der Waals surface area contributed by atoms with Gasteiger partial charge in [0.05, 0.1) is 0 Å². The molecule has 0 aliphatic carbocycles. The van der Waals surface area contributed by atoms with E-state index in [0.29, 0.717) is 17.9 Å². The summed E-state index contributed by atoms with van der Waals surface area (Å²) in [6.45, 7) is 5.29. The Morgan fingerprint density at radius 1 is 1.21 bits per heavy atom. The largest absolute Gasteiger partial charge is 0.355 e. The van der Waals surface area contributed by atoms with Crippen LogP contribution in [0.5, 0.6) is 0 Å². The fraction of sp³-hybridized carbons (Fsp3) is 0.588. The van der Waals surface area contributed by atoms with Gasteiger partial charge in [-0.3, -0.25) is 4.99 Å². The molecule has 0 saturated heterocycles. The third-order valence-corrected chi connectivity index (χ3v) is 3.66. The van der Waals surface area contributed by atoms with E-state index < -0.39 is 11.6 Å². The molecule has 0 bridgehead atoms. The summed E-state index contributed by atoms with van der Waals surface area (Å²) in [5.74, 6) is 0.293. The maximum atomic E-state index is 13.6. The van der Waals surface area contributed by atoms with E-state index in [1.807, 2.05) is 14.1 Å². The summed E-state index contributed by atoms with van der Waals surface area (Å²) in [6, 6.07) is 3.81. The number of likely N-dealkylation sites (N-methyl/N-ethyl adjacent to an activating group) is 1. The fourth-order valence-corrected chi connectivity index (χ4v) is 2.31. The third kappa shape index (κ3) is 8.23. The first-order valence-electron chi connectivity index (χ1n) is 7.88. The van der Waals surface area contributed by atoms with E-state index in [9.17, 15) is 8.78 Å². The molecule has 138 valence electrons. The second kappa shape index (κ2) is 11.6. The van der Waals surface area contributed by atoms with E-state index in [2.05, 4.69) is 34.4 Å². The molecule has 1 atom stereocenters. The molecule has 0 radical (unpaired) electrons. The van der Waals surface area contributed by atoms with Crippen molar-refractivity contribution in [2.75, 3.05) is 27.7 Å². The number of benzene rings is 1. The first kappa shape index (κ1) is 23.0. The molecular weight excluding hydrogens is 425 g/mol. The molecule has 0 spiro atoms. The Bertz CT molecular complexity index is 521. The molecule has 7 heteroatoms. The highest BCUT2D eigenvalue weighted by molar-refractivity contribution is 14.0. The summed E-state index contributed by atoms with van der Waals surface area (Å²) in [5, 5.41) is 6.26. The number of nitrogens with one attached hydrogen (secondary N) is 2. The van der Waals surface area contributed by atoms with Crippen LogP contribution in [0, 0.1) is 17.6 Å². The Hall–Kier alpha value is -0.960. The lowest BCUT2D eigenvalue weighted by atomic mass is 10.0. The van der Waals surface area contributed by atoms with E-state index in [1.165, 1.54) is 6.07 Å². The predicted octanol–water partition coefficient (Wildman–Crippen LogP) is 3.22. The minimum atomic E-state index is -0.448. The maximum Gasteiger partial charge on any atom is 0.191 e. The Balaban J connectivity index is 0.00000529. The molecule has 0 fully saturated rings. The number of aliphatic imine (C=N–C) groups is 1. The van der Waals surface area contributed by atoms with Crippen molar-refractivity contribution in [1.29, 1.82) is 0 Å². The van der Waals surface area contributed by atoms with Gasteiger partial charge in [-0.05, 0) is 44.6 Å². The van der Waals surface area contributed by atoms with Gasteiger partial charge in [0.2, 0.25) is 0 Å². The zero-order valence-electron chi connectivity index (χ0n) is 15.1. The SMILES string of the molecule is CN=C(NCc1cc(F)ccc1F)NCC(CC(C)C)N(C)C.I. The van der Waals surface area contributed by atoms with Crippen LogP contribution < -0.4 is 10.6 Å². The van der Waals surface area contributed by atoms with Crippen LogP contribution in [0.3, 0.4) is 0 Å². The summed E-state index contributed by atoms with van der Waals surface area (Å²) in [5.41, 5.74) is 0.277. The molecule has 2 N–H and O–H groups in total. The Morgan fingerprint density at radius 2 is 1.88 bits per heavy atom. The molecule has 0 aromatic heterocycles. The van der Waals surface area contributed by atoms with Gasteiger partial charge in [-0.1, -0.05) is 13.8 Å². The van der Waals surface area contributed by atoms with Gasteiger partial charge in [-0.25, -0.2) is 8.78 Å². The zero-order valence-corrected chi connectivity index (χ0v) is 17.4. The van der Waals surface area contributed by atoms with Crippen molar-refractivity contribution in [2.24, 2.45) is 10.9 Å². The van der Waals surface area contributed by atoms with Crippen molar-refractivity contribution in [2.45, 2.75) is 32.9 Å². The van der Waals surface area contributed by atoms with Gasteiger partial charge in [0, 0.05) is 31.7 Å². The van der Waals surface area contributed by atoms with E-state index in [-0.39, 0.29) is 36.1 Å². The minimum absolute atomic E-state index is 0. The van der Waals surface area contributed by atoms with Crippen LogP contribution in [0.25, 0.3) is 0 Å². The van der Waals surface area contributed by atoms with Gasteiger partial charge in [0.15, 0.2) is 5.96 Å². The monoisotopic (exact) mass is 454 g/mol. The summed E-state index contributed by atoms with van der Waals surface area (Å²) < 4.78 is 26.8. The van der Waals surface area contributed by atoms with Crippen molar-refractivity contribution in [3.63, 3.8) is 0 Å². The van der Waals surface area contributed by atoms with E-state index in [0.717, 1.165) is 25.1 Å². The van der Waals surface area contributed by atoms with Crippen molar-refractivity contribution in [3.05, 3.63) is 35.4 Å². The van der Waals surface area contributed by atoms with Crippen molar-refractivity contribution >= 4 is 29.9 Å². The van der Waals surface area contributed by atoms with Crippen molar-refractivity contribution in [1.82, 2.24) is 15.5 Å². The molecule has 0 heterocycles. The molecule has 1 aromatic rings. The van der Waals surface area contributed by atoms with E-state index in [4.69, 9.17) is 0 Å². The Morgan fingerprint density at radius 3 is 2.42 bits per heavy atom. The normalized spacial score (nSPS) is 13.0. The number of hydrogen-bond donors (Lipinski definition) is 2. The number of rotatable bonds is 7. The smallest absolute Gasteiger partial charge is 0.191 e. The van der Waals surface area contributed by atoms with Crippen LogP contribution in [-0.2, 0) is 6.54 Å². The lowest BCUT2D eigenvalue weighted by molar-refractivity contribution is 0.254. The van der Waals surface area contributed by atoms with Crippen molar-refractivity contribution < 1.29 is 8.78 Å². The topological polar surface area (TPSA) is 39.7 Å². The molecule has 1 unspecified atom stereocenters. The average Bonchev–Trinajstić information content (AvgIpc) is 2.48. The molecule has 0 amide bonds. The molecule has 0 aliphatic rings. The van der Waals surface area contributed by atoms with Crippen LogP contribution in [0.4, 0.5) is 8.78 Å². The number of hydrogen-bond acceptors (Lipinski definition) is 2. The average molecular weight is 454 g/mol. The molecule has 24 heavy (non-hydrogen) atoms. The quantitative estimate of drug-likeness (QED) is 0.378. The lowest BCUT2D eigenvalue weighted by Crippen LogP contribution is -2.45. The number of nitrogens with zero attached hydrogens (tertiary/aromatic N) is 2. The highest BCUT2D eigenvalue weighted by Gasteiger charge is 2.14. The first-order valence-corrected chi connectivity index (χ1v) is 7.88. The first-order chi connectivity index (χ1) is 10.8. The highest BCUT2D eigenvalue weighted by atomic mass is 127. The standard InChI is InChI=1S/C17H28F2N4.HI/c1-12(2)8-15(23(4)5)11-22-17(20-3)21-10-13-9-14(18)6-7-16(13)19;/h6-7,9,12,15H,8,10-11H2,1-5H3,(H2,20,21,22);1H. The third-order valence-electron chi connectivity index (χ3n) is 3.66. The molecule has 0 saturated carbocycles. The predicted molar refractivity (Wildman–Crippen MR) is 107 cm³/mol. The summed E-state index contributed by atoms with van der Waals surface area (Å²) >= 11 is 0. The molecule has 1 aromatic carbocycles. The van der Waals surface area contributed by atoms with Crippen LogP contribution >= 0.6 is 24.0 Å². The van der Waals surface area contributed by atoms with Crippen LogP contribution in [-0.4, -0.2) is 44.6 Å². The Kier molecular flexibility index (Phi) is 11.1. The van der Waals surface area contributed by atoms with Gasteiger partial charge in [-0.2, -0.15) is 0 Å². The van der Waals surface area contributed by atoms with Crippen molar-refractivity contribution in [3.8, 4) is 0 Å². The molecular formula is C17H29F2IN4. The van der Waals surface area contributed by atoms with Gasteiger partial charge < -0.3 is 15.5 Å². The van der Waals surface area contributed by atoms with Crippen LogP contribution in [0.1, 0.15) is 25.8 Å². The number of guanidine groups is 1.